The molecule has 1 aromatic heterocycles. The number of hydrogen-bond donors (Lipinski definition) is 1. The van der Waals surface area contributed by atoms with E-state index in [0.29, 0.717) is 18.7 Å². The molecule has 0 aliphatic rings. The van der Waals surface area contributed by atoms with Crippen molar-refractivity contribution in [3.63, 3.8) is 0 Å². The molecule has 2 rings (SSSR count). The van der Waals surface area contributed by atoms with Crippen molar-refractivity contribution in [2.24, 2.45) is 5.73 Å². The van der Waals surface area contributed by atoms with E-state index in [-0.39, 0.29) is 4.21 Å². The van der Waals surface area contributed by atoms with Gasteiger partial charge in [0.2, 0.25) is 0 Å². The summed E-state index contributed by atoms with van der Waals surface area (Å²) in [5.74, 6) is -0.473. The fraction of sp³-hybridized carbons (Fsp3) is 0.231. The molecule has 2 N–H and O–H groups in total. The summed E-state index contributed by atoms with van der Waals surface area (Å²) < 4.78 is 39.4. The van der Waals surface area contributed by atoms with Crippen LogP contribution in [-0.4, -0.2) is 22.0 Å². The van der Waals surface area contributed by atoms with E-state index in [4.69, 9.17) is 5.73 Å². The van der Waals surface area contributed by atoms with Gasteiger partial charge in [0.05, 0.1) is 5.69 Å². The molecule has 4 nitrogen and oxygen atoms in total. The molecule has 0 saturated heterocycles. The van der Waals surface area contributed by atoms with Crippen LogP contribution in [-0.2, 0) is 16.4 Å². The highest BCUT2D eigenvalue weighted by Crippen LogP contribution is 2.28. The van der Waals surface area contributed by atoms with Gasteiger partial charge in [0, 0.05) is 11.9 Å². The van der Waals surface area contributed by atoms with Crippen molar-refractivity contribution in [1.82, 2.24) is 0 Å². The average Bonchev–Trinajstić information content (AvgIpc) is 2.87. The summed E-state index contributed by atoms with van der Waals surface area (Å²) in [6.07, 6.45) is 0.643. The number of rotatable bonds is 5. The quantitative estimate of drug-likeness (QED) is 0.920. The van der Waals surface area contributed by atoms with Gasteiger partial charge in [0.1, 0.15) is 10.0 Å². The molecule has 0 saturated carbocycles. The lowest BCUT2D eigenvalue weighted by atomic mass is 10.3. The topological polar surface area (TPSA) is 63.4 Å². The zero-order valence-electron chi connectivity index (χ0n) is 10.9. The molecule has 0 radical (unpaired) electrons. The first kappa shape index (κ1) is 15.0. The number of nitrogens with two attached hydrogens (primary N) is 1. The number of benzene rings is 1. The Hall–Kier alpha value is -1.44. The molecule has 0 bridgehead atoms. The van der Waals surface area contributed by atoms with Gasteiger partial charge in [-0.15, -0.1) is 11.3 Å². The molecular formula is C13H15FN2O2S2. The summed E-state index contributed by atoms with van der Waals surface area (Å²) in [6.45, 7) is 0.472. The van der Waals surface area contributed by atoms with E-state index in [0.717, 1.165) is 9.18 Å². The highest BCUT2D eigenvalue weighted by atomic mass is 32.2. The second-order valence-electron chi connectivity index (χ2n) is 4.21. The lowest BCUT2D eigenvalue weighted by Crippen LogP contribution is -2.25. The maximum Gasteiger partial charge on any atom is 0.273 e. The Balaban J connectivity index is 2.33. The molecule has 0 spiro atoms. The highest BCUT2D eigenvalue weighted by molar-refractivity contribution is 7.94. The maximum atomic E-state index is 13.2. The number of hydrogen-bond acceptors (Lipinski definition) is 4. The first-order chi connectivity index (χ1) is 9.45. The number of thiophene rings is 1. The van der Waals surface area contributed by atoms with Crippen LogP contribution in [0, 0.1) is 5.82 Å². The van der Waals surface area contributed by atoms with Crippen molar-refractivity contribution in [3.05, 3.63) is 47.1 Å². The predicted molar refractivity (Wildman–Crippen MR) is 79.1 cm³/mol. The normalized spacial score (nSPS) is 11.6. The van der Waals surface area contributed by atoms with E-state index in [1.54, 1.807) is 18.2 Å². The molecule has 108 valence electrons. The van der Waals surface area contributed by atoms with Crippen LogP contribution in [0.25, 0.3) is 0 Å². The molecular weight excluding hydrogens is 299 g/mol. The standard InChI is InChI=1S/C13H15FN2O2S2/c1-16(11-4-2-3-10(14)9-11)20(17,18)13-6-5-12(19-13)7-8-15/h2-6,9H,7-8,15H2,1H3. The highest BCUT2D eigenvalue weighted by Gasteiger charge is 2.23. The molecule has 1 heterocycles. The van der Waals surface area contributed by atoms with Crippen molar-refractivity contribution < 1.29 is 12.8 Å². The van der Waals surface area contributed by atoms with Crippen LogP contribution in [0.5, 0.6) is 0 Å². The SMILES string of the molecule is CN(c1cccc(F)c1)S(=O)(=O)c1ccc(CCN)s1. The van der Waals surface area contributed by atoms with E-state index in [1.807, 2.05) is 0 Å². The number of halogens is 1. The van der Waals surface area contributed by atoms with E-state index in [1.165, 1.54) is 36.6 Å². The Morgan fingerprint density at radius 2 is 2.05 bits per heavy atom. The summed E-state index contributed by atoms with van der Waals surface area (Å²) in [4.78, 5) is 0.915. The van der Waals surface area contributed by atoms with Gasteiger partial charge < -0.3 is 5.73 Å². The Morgan fingerprint density at radius 3 is 2.70 bits per heavy atom. The third kappa shape index (κ3) is 3.00. The zero-order chi connectivity index (χ0) is 14.8. The third-order valence-electron chi connectivity index (χ3n) is 2.81. The largest absolute Gasteiger partial charge is 0.330 e. The van der Waals surface area contributed by atoms with Crippen molar-refractivity contribution in [1.29, 1.82) is 0 Å². The summed E-state index contributed by atoms with van der Waals surface area (Å²) in [5.41, 5.74) is 5.74. The lowest BCUT2D eigenvalue weighted by molar-refractivity contribution is 0.596. The van der Waals surface area contributed by atoms with Crippen LogP contribution in [0.4, 0.5) is 10.1 Å². The summed E-state index contributed by atoms with van der Waals surface area (Å²) in [5, 5.41) is 0. The van der Waals surface area contributed by atoms with Crippen LogP contribution in [0.2, 0.25) is 0 Å². The number of anilines is 1. The first-order valence-electron chi connectivity index (χ1n) is 5.98. The van der Waals surface area contributed by atoms with Crippen LogP contribution in [0.1, 0.15) is 4.88 Å². The maximum absolute atomic E-state index is 13.2. The zero-order valence-corrected chi connectivity index (χ0v) is 12.5. The monoisotopic (exact) mass is 314 g/mol. The van der Waals surface area contributed by atoms with Gasteiger partial charge in [-0.05, 0) is 43.3 Å². The van der Waals surface area contributed by atoms with E-state index in [9.17, 15) is 12.8 Å². The second-order valence-corrected chi connectivity index (χ2v) is 7.58. The molecule has 1 aromatic carbocycles. The number of sulfonamides is 1. The molecule has 0 unspecified atom stereocenters. The van der Waals surface area contributed by atoms with Gasteiger partial charge in [-0.1, -0.05) is 6.07 Å². The lowest BCUT2D eigenvalue weighted by Gasteiger charge is -2.18. The summed E-state index contributed by atoms with van der Waals surface area (Å²) in [7, 11) is -2.25. The Morgan fingerprint density at radius 1 is 1.30 bits per heavy atom. The van der Waals surface area contributed by atoms with Gasteiger partial charge in [0.25, 0.3) is 10.0 Å². The minimum absolute atomic E-state index is 0.229. The van der Waals surface area contributed by atoms with Gasteiger partial charge >= 0.3 is 0 Å². The molecule has 0 fully saturated rings. The molecule has 0 atom stereocenters. The van der Waals surface area contributed by atoms with Gasteiger partial charge in [-0.3, -0.25) is 4.31 Å². The summed E-state index contributed by atoms with van der Waals surface area (Å²) in [6, 6.07) is 8.80. The summed E-state index contributed by atoms with van der Waals surface area (Å²) >= 11 is 1.19. The first-order valence-corrected chi connectivity index (χ1v) is 8.24. The minimum atomic E-state index is -3.66. The molecule has 20 heavy (non-hydrogen) atoms. The number of nitrogens with zero attached hydrogens (tertiary/aromatic N) is 1. The Bertz CT molecular complexity index is 698. The second kappa shape index (κ2) is 5.90. The van der Waals surface area contributed by atoms with Crippen LogP contribution in [0.15, 0.2) is 40.6 Å². The van der Waals surface area contributed by atoms with Gasteiger partial charge in [-0.2, -0.15) is 0 Å². The van der Waals surface area contributed by atoms with E-state index < -0.39 is 15.8 Å². The molecule has 2 aromatic rings. The Labute approximate surface area is 121 Å². The third-order valence-corrected chi connectivity index (χ3v) is 6.21. The fourth-order valence-corrected chi connectivity index (χ4v) is 4.45. The van der Waals surface area contributed by atoms with E-state index >= 15 is 0 Å². The Kier molecular flexibility index (Phi) is 4.42. The van der Waals surface area contributed by atoms with Crippen LogP contribution in [0.3, 0.4) is 0 Å². The minimum Gasteiger partial charge on any atom is -0.330 e. The van der Waals surface area contributed by atoms with Crippen molar-refractivity contribution in [3.8, 4) is 0 Å². The molecule has 7 heteroatoms. The molecule has 0 amide bonds. The van der Waals surface area contributed by atoms with Crippen LogP contribution >= 0.6 is 11.3 Å². The predicted octanol–water partition coefficient (Wildman–Crippen LogP) is 2.21. The average molecular weight is 314 g/mol. The molecule has 0 aliphatic carbocycles. The fourth-order valence-electron chi connectivity index (χ4n) is 1.72. The molecule has 0 aliphatic heterocycles. The van der Waals surface area contributed by atoms with Crippen molar-refractivity contribution in [2.45, 2.75) is 10.6 Å². The van der Waals surface area contributed by atoms with E-state index in [2.05, 4.69) is 0 Å². The van der Waals surface area contributed by atoms with Crippen molar-refractivity contribution in [2.75, 3.05) is 17.9 Å². The van der Waals surface area contributed by atoms with Gasteiger partial charge in [-0.25, -0.2) is 12.8 Å². The van der Waals surface area contributed by atoms with Gasteiger partial charge in [0.15, 0.2) is 0 Å². The smallest absolute Gasteiger partial charge is 0.273 e. The van der Waals surface area contributed by atoms with Crippen LogP contribution < -0.4 is 10.0 Å². The van der Waals surface area contributed by atoms with Crippen molar-refractivity contribution >= 4 is 27.0 Å².